The summed E-state index contributed by atoms with van der Waals surface area (Å²) in [6, 6.07) is 9.94. The van der Waals surface area contributed by atoms with Gasteiger partial charge in [0.05, 0.1) is 0 Å². The minimum Gasteiger partial charge on any atom is -0.488 e. The largest absolute Gasteiger partial charge is 0.488 e. The minimum absolute atomic E-state index is 0.157. The third kappa shape index (κ3) is 3.24. The van der Waals surface area contributed by atoms with Crippen LogP contribution in [0.25, 0.3) is 11.0 Å². The molecule has 0 bridgehead atoms. The van der Waals surface area contributed by atoms with Crippen LogP contribution in [0.1, 0.15) is 41.7 Å². The van der Waals surface area contributed by atoms with Gasteiger partial charge in [0.25, 0.3) is 0 Å². The number of rotatable bonds is 3. The minimum atomic E-state index is -0.287. The molecule has 3 aromatic rings. The second-order valence-corrected chi connectivity index (χ2v) is 8.27. The summed E-state index contributed by atoms with van der Waals surface area (Å²) >= 11 is 1.77. The monoisotopic (exact) mass is 342 g/mol. The van der Waals surface area contributed by atoms with Crippen LogP contribution in [-0.2, 0) is 12.0 Å². The molecular formula is C20H22O3S. The molecule has 0 spiro atoms. The van der Waals surface area contributed by atoms with Crippen LogP contribution < -0.4 is 10.4 Å². The molecule has 4 heteroatoms. The molecule has 0 radical (unpaired) electrons. The Labute approximate surface area is 145 Å². The lowest BCUT2D eigenvalue weighted by atomic mass is 9.95. The van der Waals surface area contributed by atoms with E-state index in [0.29, 0.717) is 23.5 Å². The molecule has 0 fully saturated rings. The van der Waals surface area contributed by atoms with Crippen molar-refractivity contribution in [1.82, 2.24) is 0 Å². The molecule has 0 N–H and O–H groups in total. The second-order valence-electron chi connectivity index (χ2n) is 7.10. The van der Waals surface area contributed by atoms with E-state index < -0.39 is 0 Å². The molecule has 126 valence electrons. The molecule has 0 aliphatic rings. The first-order valence-electron chi connectivity index (χ1n) is 8.02. The maximum atomic E-state index is 11.8. The van der Waals surface area contributed by atoms with E-state index in [1.165, 1.54) is 9.75 Å². The highest BCUT2D eigenvalue weighted by Gasteiger charge is 2.16. The van der Waals surface area contributed by atoms with E-state index in [-0.39, 0.29) is 11.0 Å². The van der Waals surface area contributed by atoms with E-state index in [2.05, 4.69) is 32.9 Å². The first kappa shape index (κ1) is 16.8. The number of ether oxygens (including phenoxy) is 1. The van der Waals surface area contributed by atoms with Crippen LogP contribution in [0.2, 0.25) is 0 Å². The third-order valence-electron chi connectivity index (χ3n) is 4.21. The van der Waals surface area contributed by atoms with Crippen molar-refractivity contribution in [3.63, 3.8) is 0 Å². The Morgan fingerprint density at radius 1 is 1.08 bits per heavy atom. The molecule has 0 aliphatic carbocycles. The van der Waals surface area contributed by atoms with E-state index in [0.717, 1.165) is 10.9 Å². The molecule has 0 saturated carbocycles. The van der Waals surface area contributed by atoms with Crippen molar-refractivity contribution >= 4 is 22.3 Å². The van der Waals surface area contributed by atoms with Crippen LogP contribution in [0.4, 0.5) is 0 Å². The molecule has 2 heterocycles. The fourth-order valence-corrected chi connectivity index (χ4v) is 3.51. The second kappa shape index (κ2) is 6.10. The van der Waals surface area contributed by atoms with E-state index in [1.807, 2.05) is 19.1 Å². The van der Waals surface area contributed by atoms with Gasteiger partial charge in [-0.2, -0.15) is 0 Å². The summed E-state index contributed by atoms with van der Waals surface area (Å²) in [6.07, 6.45) is 0. The van der Waals surface area contributed by atoms with E-state index >= 15 is 0 Å². The number of aryl methyl sites for hydroxylation is 1. The molecule has 0 unspecified atom stereocenters. The van der Waals surface area contributed by atoms with Gasteiger partial charge >= 0.3 is 5.63 Å². The molecule has 0 aliphatic heterocycles. The van der Waals surface area contributed by atoms with Crippen LogP contribution in [0, 0.1) is 13.8 Å². The van der Waals surface area contributed by atoms with Crippen LogP contribution in [-0.4, -0.2) is 0 Å². The van der Waals surface area contributed by atoms with Crippen LogP contribution >= 0.6 is 11.3 Å². The fraction of sp³-hybridized carbons (Fsp3) is 0.350. The lowest BCUT2D eigenvalue weighted by Gasteiger charge is -2.15. The maximum absolute atomic E-state index is 11.8. The first-order valence-corrected chi connectivity index (χ1v) is 8.83. The van der Waals surface area contributed by atoms with Gasteiger partial charge in [0, 0.05) is 26.8 Å². The Morgan fingerprint density at radius 2 is 1.83 bits per heavy atom. The molecular weight excluding hydrogens is 320 g/mol. The topological polar surface area (TPSA) is 39.4 Å². The Bertz CT molecular complexity index is 942. The lowest BCUT2D eigenvalue weighted by Crippen LogP contribution is -2.07. The smallest absolute Gasteiger partial charge is 0.339 e. The van der Waals surface area contributed by atoms with Gasteiger partial charge in [0.1, 0.15) is 17.9 Å². The summed E-state index contributed by atoms with van der Waals surface area (Å²) < 4.78 is 11.3. The molecule has 0 atom stereocenters. The van der Waals surface area contributed by atoms with Gasteiger partial charge in [0.2, 0.25) is 0 Å². The summed E-state index contributed by atoms with van der Waals surface area (Å²) in [5.41, 5.74) is 2.06. The summed E-state index contributed by atoms with van der Waals surface area (Å²) in [7, 11) is 0. The molecule has 1 aromatic carbocycles. The SMILES string of the molecule is Cc1c(C)c2ccc(OCc3ccc(C(C)(C)C)s3)cc2oc1=O. The molecule has 3 rings (SSSR count). The molecule has 2 aromatic heterocycles. The number of benzene rings is 1. The highest BCUT2D eigenvalue weighted by molar-refractivity contribution is 7.12. The van der Waals surface area contributed by atoms with Crippen LogP contribution in [0.5, 0.6) is 5.75 Å². The average Bonchev–Trinajstić information content (AvgIpc) is 3.00. The van der Waals surface area contributed by atoms with Crippen LogP contribution in [0.3, 0.4) is 0 Å². The highest BCUT2D eigenvalue weighted by Crippen LogP contribution is 2.30. The Hall–Kier alpha value is -2.07. The summed E-state index contributed by atoms with van der Waals surface area (Å²) in [5, 5.41) is 0.950. The van der Waals surface area contributed by atoms with Crippen molar-refractivity contribution in [1.29, 1.82) is 0 Å². The van der Waals surface area contributed by atoms with E-state index in [4.69, 9.17) is 9.15 Å². The average molecular weight is 342 g/mol. The van der Waals surface area contributed by atoms with Gasteiger partial charge in [-0.3, -0.25) is 0 Å². The van der Waals surface area contributed by atoms with Crippen molar-refractivity contribution < 1.29 is 9.15 Å². The Balaban J connectivity index is 1.82. The summed E-state index contributed by atoms with van der Waals surface area (Å²) in [6.45, 7) is 10.9. The van der Waals surface area contributed by atoms with Gasteiger partial charge in [0.15, 0.2) is 0 Å². The number of hydrogen-bond acceptors (Lipinski definition) is 4. The standard InChI is InChI=1S/C20H22O3S/c1-12-13(2)19(21)23-17-10-14(6-8-16(12)17)22-11-15-7-9-18(24-15)20(3,4)5/h6-10H,11H2,1-5H3. The molecule has 3 nitrogen and oxygen atoms in total. The fourth-order valence-electron chi connectivity index (χ4n) is 2.53. The zero-order valence-corrected chi connectivity index (χ0v) is 15.5. The van der Waals surface area contributed by atoms with Gasteiger partial charge < -0.3 is 9.15 Å². The first-order chi connectivity index (χ1) is 11.3. The quantitative estimate of drug-likeness (QED) is 0.603. The van der Waals surface area contributed by atoms with Crippen LogP contribution in [0.15, 0.2) is 39.5 Å². The summed E-state index contributed by atoms with van der Waals surface area (Å²) in [5.74, 6) is 0.708. The van der Waals surface area contributed by atoms with Gasteiger partial charge in [-0.1, -0.05) is 20.8 Å². The van der Waals surface area contributed by atoms with Gasteiger partial charge in [-0.25, -0.2) is 4.79 Å². The van der Waals surface area contributed by atoms with Crippen molar-refractivity contribution in [2.24, 2.45) is 0 Å². The lowest BCUT2D eigenvalue weighted by molar-refractivity contribution is 0.309. The van der Waals surface area contributed by atoms with Gasteiger partial charge in [-0.05, 0) is 49.1 Å². The predicted molar refractivity (Wildman–Crippen MR) is 99.3 cm³/mol. The summed E-state index contributed by atoms with van der Waals surface area (Å²) in [4.78, 5) is 14.4. The normalized spacial score (nSPS) is 11.9. The molecule has 0 amide bonds. The van der Waals surface area contributed by atoms with Crippen molar-refractivity contribution in [3.05, 3.63) is 61.6 Å². The van der Waals surface area contributed by atoms with Gasteiger partial charge in [-0.15, -0.1) is 11.3 Å². The Morgan fingerprint density at radius 3 is 2.50 bits per heavy atom. The van der Waals surface area contributed by atoms with E-state index in [9.17, 15) is 4.79 Å². The van der Waals surface area contributed by atoms with Crippen molar-refractivity contribution in [2.45, 2.75) is 46.6 Å². The number of thiophene rings is 1. The van der Waals surface area contributed by atoms with Crippen molar-refractivity contribution in [2.75, 3.05) is 0 Å². The zero-order valence-electron chi connectivity index (χ0n) is 14.7. The third-order valence-corrected chi connectivity index (χ3v) is 5.69. The molecule has 0 saturated heterocycles. The zero-order chi connectivity index (χ0) is 17.5. The molecule has 24 heavy (non-hydrogen) atoms. The van der Waals surface area contributed by atoms with E-state index in [1.54, 1.807) is 24.3 Å². The maximum Gasteiger partial charge on any atom is 0.339 e. The predicted octanol–water partition coefficient (Wildman–Crippen LogP) is 5.35. The highest BCUT2D eigenvalue weighted by atomic mass is 32.1. The number of fused-ring (bicyclic) bond motifs is 1. The van der Waals surface area contributed by atoms with Crippen molar-refractivity contribution in [3.8, 4) is 5.75 Å². The number of hydrogen-bond donors (Lipinski definition) is 0. The Kier molecular flexibility index (Phi) is 4.26.